The van der Waals surface area contributed by atoms with Crippen LogP contribution in [0.1, 0.15) is 18.4 Å². The molecular formula is C10H14N2OS. The highest BCUT2D eigenvalue weighted by molar-refractivity contribution is 7.07. The molecule has 3 nitrogen and oxygen atoms in total. The van der Waals surface area contributed by atoms with E-state index in [9.17, 15) is 4.79 Å². The van der Waals surface area contributed by atoms with Crippen molar-refractivity contribution in [1.82, 2.24) is 10.6 Å². The molecule has 76 valence electrons. The second kappa shape index (κ2) is 4.57. The van der Waals surface area contributed by atoms with E-state index in [1.807, 2.05) is 11.4 Å². The van der Waals surface area contributed by atoms with Crippen LogP contribution in [0.15, 0.2) is 16.8 Å². The molecule has 0 unspecified atom stereocenters. The lowest BCUT2D eigenvalue weighted by Gasteiger charge is -2.09. The van der Waals surface area contributed by atoms with Gasteiger partial charge in [0.25, 0.3) is 0 Å². The molecule has 0 bridgehead atoms. The topological polar surface area (TPSA) is 41.1 Å². The van der Waals surface area contributed by atoms with Gasteiger partial charge in [0, 0.05) is 6.54 Å². The smallest absolute Gasteiger partial charge is 0.237 e. The molecule has 2 N–H and O–H groups in total. The highest BCUT2D eigenvalue weighted by Crippen LogP contribution is 2.07. The zero-order chi connectivity index (χ0) is 9.80. The van der Waals surface area contributed by atoms with Gasteiger partial charge in [-0.15, -0.1) is 0 Å². The third kappa shape index (κ3) is 2.33. The van der Waals surface area contributed by atoms with Crippen LogP contribution in [0.3, 0.4) is 0 Å². The fourth-order valence-electron chi connectivity index (χ4n) is 1.61. The van der Waals surface area contributed by atoms with Gasteiger partial charge in [0.05, 0.1) is 6.04 Å². The molecule has 0 spiro atoms. The van der Waals surface area contributed by atoms with Crippen LogP contribution in [0.25, 0.3) is 0 Å². The molecule has 0 saturated carbocycles. The van der Waals surface area contributed by atoms with Crippen molar-refractivity contribution in [2.45, 2.75) is 25.4 Å². The average Bonchev–Trinajstić information content (AvgIpc) is 2.87. The van der Waals surface area contributed by atoms with Gasteiger partial charge in [0.2, 0.25) is 5.91 Å². The normalized spacial score (nSPS) is 21.0. The van der Waals surface area contributed by atoms with Gasteiger partial charge in [-0.05, 0) is 41.8 Å². The molecule has 1 amide bonds. The Bertz CT molecular complexity index is 291. The van der Waals surface area contributed by atoms with Crippen molar-refractivity contribution < 1.29 is 4.79 Å². The van der Waals surface area contributed by atoms with Gasteiger partial charge >= 0.3 is 0 Å². The summed E-state index contributed by atoms with van der Waals surface area (Å²) in [7, 11) is 0. The third-order valence-corrected chi connectivity index (χ3v) is 3.16. The fourth-order valence-corrected chi connectivity index (χ4v) is 2.28. The van der Waals surface area contributed by atoms with Gasteiger partial charge in [-0.1, -0.05) is 0 Å². The first kappa shape index (κ1) is 9.68. The van der Waals surface area contributed by atoms with Crippen LogP contribution in [0.4, 0.5) is 0 Å². The zero-order valence-electron chi connectivity index (χ0n) is 7.95. The molecule has 4 heteroatoms. The Kier molecular flexibility index (Phi) is 3.16. The Morgan fingerprint density at radius 2 is 2.64 bits per heavy atom. The van der Waals surface area contributed by atoms with Crippen LogP contribution in [-0.2, 0) is 11.3 Å². The Morgan fingerprint density at radius 1 is 1.71 bits per heavy atom. The largest absolute Gasteiger partial charge is 0.351 e. The number of amides is 1. The number of hydrogen-bond donors (Lipinski definition) is 2. The Hall–Kier alpha value is -0.870. The first-order chi connectivity index (χ1) is 6.86. The van der Waals surface area contributed by atoms with Gasteiger partial charge in [-0.2, -0.15) is 11.3 Å². The summed E-state index contributed by atoms with van der Waals surface area (Å²) < 4.78 is 0. The molecular weight excluding hydrogens is 196 g/mol. The minimum atomic E-state index is 0.0358. The molecule has 14 heavy (non-hydrogen) atoms. The van der Waals surface area contributed by atoms with Gasteiger partial charge in [0.15, 0.2) is 0 Å². The molecule has 1 aliphatic rings. The van der Waals surface area contributed by atoms with E-state index in [1.54, 1.807) is 11.3 Å². The number of carbonyl (C=O) groups excluding carboxylic acids is 1. The molecule has 0 radical (unpaired) electrons. The van der Waals surface area contributed by atoms with E-state index >= 15 is 0 Å². The number of hydrogen-bond acceptors (Lipinski definition) is 3. The fraction of sp³-hybridized carbons (Fsp3) is 0.500. The molecule has 2 heterocycles. The lowest BCUT2D eigenvalue weighted by molar-refractivity contribution is -0.122. The van der Waals surface area contributed by atoms with E-state index in [0.717, 1.165) is 19.4 Å². The van der Waals surface area contributed by atoms with Crippen LogP contribution in [-0.4, -0.2) is 18.5 Å². The lowest BCUT2D eigenvalue weighted by atomic mass is 10.2. The quantitative estimate of drug-likeness (QED) is 0.785. The van der Waals surface area contributed by atoms with Crippen molar-refractivity contribution in [3.05, 3.63) is 22.4 Å². The molecule has 1 saturated heterocycles. The van der Waals surface area contributed by atoms with E-state index in [2.05, 4.69) is 16.0 Å². The van der Waals surface area contributed by atoms with Gasteiger partial charge in [-0.25, -0.2) is 0 Å². The lowest BCUT2D eigenvalue weighted by Crippen LogP contribution is -2.39. The van der Waals surface area contributed by atoms with Crippen molar-refractivity contribution in [1.29, 1.82) is 0 Å². The predicted molar refractivity (Wildman–Crippen MR) is 57.2 cm³/mol. The standard InChI is InChI=1S/C10H14N2OS/c13-10(9-2-1-4-11-9)12-6-8-3-5-14-7-8/h3,5,7,9,11H,1-2,4,6H2,(H,12,13)/t9-/m0/s1. The van der Waals surface area contributed by atoms with Gasteiger partial charge in [-0.3, -0.25) is 4.79 Å². The second-order valence-electron chi connectivity index (χ2n) is 3.50. The maximum Gasteiger partial charge on any atom is 0.237 e. The summed E-state index contributed by atoms with van der Waals surface area (Å²) in [6.45, 7) is 1.62. The van der Waals surface area contributed by atoms with Crippen molar-refractivity contribution in [3.8, 4) is 0 Å². The van der Waals surface area contributed by atoms with Gasteiger partial charge < -0.3 is 10.6 Å². The van der Waals surface area contributed by atoms with E-state index in [1.165, 1.54) is 5.56 Å². The van der Waals surface area contributed by atoms with Crippen LogP contribution in [0.5, 0.6) is 0 Å². The third-order valence-electron chi connectivity index (χ3n) is 2.42. The van der Waals surface area contributed by atoms with Crippen molar-refractivity contribution in [2.75, 3.05) is 6.54 Å². The summed E-state index contributed by atoms with van der Waals surface area (Å²) in [5.74, 6) is 0.133. The maximum atomic E-state index is 11.6. The van der Waals surface area contributed by atoms with Crippen molar-refractivity contribution >= 4 is 17.2 Å². The summed E-state index contributed by atoms with van der Waals surface area (Å²) in [5.41, 5.74) is 1.18. The second-order valence-corrected chi connectivity index (χ2v) is 4.28. The number of rotatable bonds is 3. The Balaban J connectivity index is 1.77. The summed E-state index contributed by atoms with van der Waals surface area (Å²) in [5, 5.41) is 10.2. The van der Waals surface area contributed by atoms with Crippen LogP contribution >= 0.6 is 11.3 Å². The molecule has 2 rings (SSSR count). The molecule has 1 fully saturated rings. The van der Waals surface area contributed by atoms with Gasteiger partial charge in [0.1, 0.15) is 0 Å². The van der Waals surface area contributed by atoms with Crippen LogP contribution in [0, 0.1) is 0 Å². The number of carbonyl (C=O) groups is 1. The van der Waals surface area contributed by atoms with E-state index in [0.29, 0.717) is 6.54 Å². The molecule has 1 aromatic rings. The van der Waals surface area contributed by atoms with Crippen molar-refractivity contribution in [2.24, 2.45) is 0 Å². The first-order valence-electron chi connectivity index (χ1n) is 4.88. The zero-order valence-corrected chi connectivity index (χ0v) is 8.77. The molecule has 0 aliphatic carbocycles. The van der Waals surface area contributed by atoms with Crippen molar-refractivity contribution in [3.63, 3.8) is 0 Å². The predicted octanol–water partition coefficient (Wildman–Crippen LogP) is 1.12. The Labute approximate surface area is 87.5 Å². The summed E-state index contributed by atoms with van der Waals surface area (Å²) in [6, 6.07) is 2.07. The molecule has 1 atom stereocenters. The van der Waals surface area contributed by atoms with Crippen LogP contribution < -0.4 is 10.6 Å². The highest BCUT2D eigenvalue weighted by atomic mass is 32.1. The van der Waals surface area contributed by atoms with Crippen LogP contribution in [0.2, 0.25) is 0 Å². The minimum absolute atomic E-state index is 0.0358. The highest BCUT2D eigenvalue weighted by Gasteiger charge is 2.21. The van der Waals surface area contributed by atoms with E-state index in [-0.39, 0.29) is 11.9 Å². The SMILES string of the molecule is O=C(NCc1ccsc1)[C@@H]1CCCN1. The van der Waals surface area contributed by atoms with E-state index < -0.39 is 0 Å². The number of nitrogens with one attached hydrogen (secondary N) is 2. The molecule has 1 aliphatic heterocycles. The maximum absolute atomic E-state index is 11.6. The summed E-state index contributed by atoms with van der Waals surface area (Å²) in [6.07, 6.45) is 2.08. The minimum Gasteiger partial charge on any atom is -0.351 e. The summed E-state index contributed by atoms with van der Waals surface area (Å²) >= 11 is 1.66. The van der Waals surface area contributed by atoms with E-state index in [4.69, 9.17) is 0 Å². The monoisotopic (exact) mass is 210 g/mol. The first-order valence-corrected chi connectivity index (χ1v) is 5.83. The average molecular weight is 210 g/mol. The molecule has 0 aromatic carbocycles. The summed E-state index contributed by atoms with van der Waals surface area (Å²) in [4.78, 5) is 11.6. The molecule has 1 aromatic heterocycles. The number of thiophene rings is 1. The Morgan fingerprint density at radius 3 is 3.29 bits per heavy atom.